The molecule has 1 saturated carbocycles. The molecule has 2 aliphatic heterocycles. The van der Waals surface area contributed by atoms with Gasteiger partial charge in [0.1, 0.15) is 0 Å². The van der Waals surface area contributed by atoms with Crippen molar-refractivity contribution in [1.29, 1.82) is 0 Å². The molecule has 0 bridgehead atoms. The van der Waals surface area contributed by atoms with Gasteiger partial charge < -0.3 is 25.0 Å². The minimum atomic E-state index is -5.08. The highest BCUT2D eigenvalue weighted by Gasteiger charge is 2.44. The Morgan fingerprint density at radius 2 is 1.34 bits per heavy atom. The van der Waals surface area contributed by atoms with E-state index in [0.29, 0.717) is 0 Å². The number of likely N-dealkylation sites (tertiary alicyclic amines) is 1. The second kappa shape index (κ2) is 16.2. The van der Waals surface area contributed by atoms with Crippen molar-refractivity contribution in [1.82, 2.24) is 14.8 Å². The summed E-state index contributed by atoms with van der Waals surface area (Å²) in [5.41, 5.74) is 3.16. The lowest BCUT2D eigenvalue weighted by molar-refractivity contribution is -0.193. The van der Waals surface area contributed by atoms with Gasteiger partial charge >= 0.3 is 36.4 Å². The van der Waals surface area contributed by atoms with Crippen LogP contribution in [0.25, 0.3) is 0 Å². The molecule has 44 heavy (non-hydrogen) atoms. The summed E-state index contributed by atoms with van der Waals surface area (Å²) in [6, 6.07) is 4.42. The topological polar surface area (TPSA) is 140 Å². The van der Waals surface area contributed by atoms with E-state index in [0.717, 1.165) is 25.6 Å². The van der Waals surface area contributed by atoms with Crippen LogP contribution in [0.15, 0.2) is 18.3 Å². The van der Waals surface area contributed by atoms with Gasteiger partial charge in [0.25, 0.3) is 0 Å². The van der Waals surface area contributed by atoms with Crippen LogP contribution >= 0.6 is 0 Å². The van der Waals surface area contributed by atoms with Crippen molar-refractivity contribution in [3.8, 4) is 0 Å². The predicted octanol–water partition coefficient (Wildman–Crippen LogP) is 4.19. The minimum Gasteiger partial charge on any atom is -0.475 e. The van der Waals surface area contributed by atoms with E-state index in [1.54, 1.807) is 7.11 Å². The van der Waals surface area contributed by atoms with E-state index in [-0.39, 0.29) is 5.41 Å². The summed E-state index contributed by atoms with van der Waals surface area (Å²) < 4.78 is 100. The zero-order valence-electron chi connectivity index (χ0n) is 23.3. The van der Waals surface area contributed by atoms with Crippen LogP contribution in [0.1, 0.15) is 36.9 Å². The molecule has 1 aliphatic carbocycles. The fraction of sp³-hybridized carbons (Fsp3) is 0.680. The second-order valence-corrected chi connectivity index (χ2v) is 10.1. The molecule has 3 aliphatic rings. The first-order valence-electron chi connectivity index (χ1n) is 12.9. The molecule has 252 valence electrons. The third kappa shape index (κ3) is 13.6. The van der Waals surface area contributed by atoms with E-state index in [9.17, 15) is 39.5 Å². The third-order valence-corrected chi connectivity index (χ3v) is 6.68. The lowest BCUT2D eigenvalue weighted by Gasteiger charge is -2.48. The quantitative estimate of drug-likeness (QED) is 0.395. The molecular formula is C25H32F9N3O7. The molecule has 3 N–H and O–H groups in total. The summed E-state index contributed by atoms with van der Waals surface area (Å²) >= 11 is 0. The standard InChI is InChI=1S/C19H29N3O.3C2HF3O2/c1-23-12-11-21-9-6-19(7-10-21)15-22(13-16-4-5-16)14-17-3-2-8-20-18(17)19;3*3-2(4,5)1(6)7/h2-3,8,16H,4-7,9-15H2,1H3;3*(H,6,7). The fourth-order valence-corrected chi connectivity index (χ4v) is 4.46. The molecular weight excluding hydrogens is 625 g/mol. The maximum absolute atomic E-state index is 10.6. The number of carbonyl (C=O) groups is 3. The molecule has 1 saturated heterocycles. The molecule has 0 amide bonds. The molecule has 0 unspecified atom stereocenters. The van der Waals surface area contributed by atoms with Crippen LogP contribution < -0.4 is 0 Å². The van der Waals surface area contributed by atoms with Gasteiger partial charge in [-0.2, -0.15) is 39.5 Å². The first kappa shape index (κ1) is 38.8. The zero-order chi connectivity index (χ0) is 33.9. The number of methoxy groups -OCH3 is 1. The van der Waals surface area contributed by atoms with Crippen LogP contribution in [0.5, 0.6) is 0 Å². The molecule has 1 aromatic heterocycles. The minimum absolute atomic E-state index is 0.285. The van der Waals surface area contributed by atoms with E-state index in [4.69, 9.17) is 39.4 Å². The molecule has 0 radical (unpaired) electrons. The molecule has 1 spiro atoms. The van der Waals surface area contributed by atoms with Crippen LogP contribution in [0, 0.1) is 5.92 Å². The van der Waals surface area contributed by atoms with Gasteiger partial charge in [-0.25, -0.2) is 14.4 Å². The third-order valence-electron chi connectivity index (χ3n) is 6.68. The van der Waals surface area contributed by atoms with Gasteiger partial charge in [0.15, 0.2) is 0 Å². The maximum Gasteiger partial charge on any atom is 0.490 e. The summed E-state index contributed by atoms with van der Waals surface area (Å²) in [4.78, 5) is 36.8. The summed E-state index contributed by atoms with van der Waals surface area (Å²) in [6.45, 7) is 7.88. The molecule has 4 rings (SSSR count). The smallest absolute Gasteiger partial charge is 0.475 e. The first-order chi connectivity index (χ1) is 20.1. The number of pyridine rings is 1. The number of aliphatic carboxylic acids is 3. The largest absolute Gasteiger partial charge is 0.490 e. The monoisotopic (exact) mass is 657 g/mol. The molecule has 1 aromatic rings. The highest BCUT2D eigenvalue weighted by Crippen LogP contribution is 2.42. The Morgan fingerprint density at radius 1 is 0.886 bits per heavy atom. The molecule has 19 heteroatoms. The number of carboxylic acids is 3. The number of carboxylic acid groups (broad SMARTS) is 3. The van der Waals surface area contributed by atoms with Crippen molar-refractivity contribution < 1.29 is 74.0 Å². The lowest BCUT2D eigenvalue weighted by atomic mass is 9.71. The summed E-state index contributed by atoms with van der Waals surface area (Å²) in [5.74, 6) is -7.31. The Balaban J connectivity index is 0.000000379. The van der Waals surface area contributed by atoms with Gasteiger partial charge in [0.05, 0.1) is 12.3 Å². The molecule has 3 heterocycles. The number of hydrogen-bond acceptors (Lipinski definition) is 7. The van der Waals surface area contributed by atoms with Gasteiger partial charge in [0.2, 0.25) is 0 Å². The van der Waals surface area contributed by atoms with Crippen LogP contribution in [0.3, 0.4) is 0 Å². The Kier molecular flexibility index (Phi) is 14.3. The highest BCUT2D eigenvalue weighted by molar-refractivity contribution is 5.73. The van der Waals surface area contributed by atoms with E-state index in [1.807, 2.05) is 6.20 Å². The Labute approximate surface area is 245 Å². The number of ether oxygens (including phenoxy) is 1. The van der Waals surface area contributed by atoms with E-state index >= 15 is 0 Å². The second-order valence-electron chi connectivity index (χ2n) is 10.1. The maximum atomic E-state index is 10.6. The van der Waals surface area contributed by atoms with Crippen LogP contribution in [0.2, 0.25) is 0 Å². The van der Waals surface area contributed by atoms with Gasteiger partial charge in [-0.3, -0.25) is 9.88 Å². The van der Waals surface area contributed by atoms with E-state index in [2.05, 4.69) is 21.9 Å². The van der Waals surface area contributed by atoms with Crippen LogP contribution in [-0.4, -0.2) is 113 Å². The number of fused-ring (bicyclic) bond motifs is 2. The van der Waals surface area contributed by atoms with Crippen molar-refractivity contribution in [2.24, 2.45) is 5.92 Å². The van der Waals surface area contributed by atoms with Crippen molar-refractivity contribution in [2.75, 3.05) is 46.4 Å². The zero-order valence-corrected chi connectivity index (χ0v) is 23.3. The SMILES string of the molecule is COCCN1CCC2(CC1)CN(CC1CC1)Cc1cccnc12.O=C(O)C(F)(F)F.O=C(O)C(F)(F)F.O=C(O)C(F)(F)F. The number of hydrogen-bond donors (Lipinski definition) is 3. The summed E-state index contributed by atoms with van der Waals surface area (Å²) in [7, 11) is 1.79. The van der Waals surface area contributed by atoms with Gasteiger partial charge in [-0.05, 0) is 56.3 Å². The Hall–Kier alpha value is -3.19. The normalized spacial score (nSPS) is 18.3. The number of piperidine rings is 1. The van der Waals surface area contributed by atoms with Crippen molar-refractivity contribution in [3.05, 3.63) is 29.6 Å². The molecule has 10 nitrogen and oxygen atoms in total. The number of aromatic nitrogens is 1. The van der Waals surface area contributed by atoms with Gasteiger partial charge in [-0.1, -0.05) is 6.07 Å². The summed E-state index contributed by atoms with van der Waals surface area (Å²) in [6.07, 6.45) is -7.90. The van der Waals surface area contributed by atoms with Crippen LogP contribution in [0.4, 0.5) is 39.5 Å². The molecule has 0 atom stereocenters. The van der Waals surface area contributed by atoms with Crippen molar-refractivity contribution in [2.45, 2.75) is 56.2 Å². The lowest BCUT2D eigenvalue weighted by Crippen LogP contribution is -2.53. The predicted molar refractivity (Wildman–Crippen MR) is 133 cm³/mol. The number of halogens is 9. The Morgan fingerprint density at radius 3 is 1.73 bits per heavy atom. The van der Waals surface area contributed by atoms with E-state index < -0.39 is 36.4 Å². The number of nitrogens with zero attached hydrogens (tertiary/aromatic N) is 3. The van der Waals surface area contributed by atoms with Crippen molar-refractivity contribution >= 4 is 17.9 Å². The number of rotatable bonds is 5. The average Bonchev–Trinajstić information content (AvgIpc) is 3.72. The summed E-state index contributed by atoms with van der Waals surface area (Å²) in [5, 5.41) is 21.4. The molecule has 0 aromatic carbocycles. The van der Waals surface area contributed by atoms with Crippen molar-refractivity contribution in [3.63, 3.8) is 0 Å². The van der Waals surface area contributed by atoms with E-state index in [1.165, 1.54) is 63.1 Å². The van der Waals surface area contributed by atoms with Gasteiger partial charge in [-0.15, -0.1) is 0 Å². The molecule has 2 fully saturated rings. The first-order valence-corrected chi connectivity index (χ1v) is 12.9. The van der Waals surface area contributed by atoms with Crippen LogP contribution in [-0.2, 0) is 31.1 Å². The average molecular weight is 658 g/mol. The highest BCUT2D eigenvalue weighted by atomic mass is 19.4. The van der Waals surface area contributed by atoms with Gasteiger partial charge in [0, 0.05) is 44.9 Å². The Bertz CT molecular complexity index is 1030. The fourth-order valence-electron chi connectivity index (χ4n) is 4.46. The number of alkyl halides is 9.